The summed E-state index contributed by atoms with van der Waals surface area (Å²) >= 11 is 0. The predicted octanol–water partition coefficient (Wildman–Crippen LogP) is 22.2. The van der Waals surface area contributed by atoms with Crippen LogP contribution in [0, 0.1) is 0 Å². The van der Waals surface area contributed by atoms with Gasteiger partial charge in [0.15, 0.2) is 0 Å². The molecule has 0 N–H and O–H groups in total. The predicted molar refractivity (Wildman–Crippen MR) is 469 cm³/mol. The maximum atomic E-state index is 2.63. The molecule has 0 atom stereocenters. The van der Waals surface area contributed by atoms with E-state index in [0.29, 0.717) is 0 Å². The fraction of sp³-hybridized carbons (Fsp3) is 0. The van der Waals surface area contributed by atoms with Crippen LogP contribution in [0.25, 0.3) is 198 Å². The molecule has 0 unspecified atom stereocenters. The van der Waals surface area contributed by atoms with Crippen molar-refractivity contribution in [3.05, 3.63) is 376 Å². The van der Waals surface area contributed by atoms with E-state index in [1.807, 2.05) is 0 Å². The molecule has 3 aromatic heterocycles. The van der Waals surface area contributed by atoms with E-state index in [0.717, 1.165) is 0 Å². The molecule has 18 aromatic carbocycles. The van der Waals surface area contributed by atoms with Crippen molar-refractivity contribution >= 4 is 140 Å². The Morgan fingerprint density at radius 2 is 0.400 bits per heavy atom. The quantitative estimate of drug-likeness (QED) is 0.156. The molecule has 0 saturated heterocycles. The molecule has 27 rings (SSSR count). The summed E-state index contributed by atoms with van der Waals surface area (Å²) in [6.45, 7) is 0.492. The lowest BCUT2D eigenvalue weighted by Crippen LogP contribution is -2.53. The minimum Gasteiger partial charge on any atom is -0.375 e. The van der Waals surface area contributed by atoms with Gasteiger partial charge in [-0.3, -0.25) is 0 Å². The van der Waals surface area contributed by atoms with Crippen LogP contribution in [-0.4, -0.2) is 34.0 Å². The molecule has 0 saturated carbocycles. The first-order valence-electron chi connectivity index (χ1n) is 38.6. The van der Waals surface area contributed by atoms with Gasteiger partial charge in [-0.05, 0) is 138 Å². The van der Waals surface area contributed by atoms with Crippen molar-refractivity contribution in [3.63, 3.8) is 0 Å². The van der Waals surface area contributed by atoms with Gasteiger partial charge in [-0.15, -0.1) is 0 Å². The lowest BCUT2D eigenvalue weighted by atomic mass is 9.45. The second-order valence-electron chi connectivity index (χ2n) is 30.7. The van der Waals surface area contributed by atoms with E-state index in [1.54, 1.807) is 0 Å². The van der Waals surface area contributed by atoms with Gasteiger partial charge in [-0.25, -0.2) is 0 Å². The van der Waals surface area contributed by atoms with Crippen LogP contribution < -0.4 is 32.8 Å². The van der Waals surface area contributed by atoms with Crippen molar-refractivity contribution in [1.29, 1.82) is 0 Å². The second kappa shape index (κ2) is 22.8. The summed E-state index contributed by atoms with van der Waals surface area (Å²) < 4.78 is 7.89. The van der Waals surface area contributed by atoms with Crippen molar-refractivity contribution in [2.75, 3.05) is 0 Å². The highest BCUT2D eigenvalue weighted by Gasteiger charge is 2.43. The number of para-hydroxylation sites is 6. The van der Waals surface area contributed by atoms with Crippen molar-refractivity contribution in [3.8, 4) is 111 Å². The molecule has 0 fully saturated rings. The first-order chi connectivity index (χ1) is 54.6. The van der Waals surface area contributed by atoms with Crippen LogP contribution in [0.15, 0.2) is 376 Å². The second-order valence-corrected chi connectivity index (χ2v) is 30.7. The van der Waals surface area contributed by atoms with Gasteiger partial charge in [-0.2, -0.15) is 0 Å². The topological polar surface area (TPSA) is 14.8 Å². The summed E-state index contributed by atoms with van der Waals surface area (Å²) in [5.74, 6) is 0. The van der Waals surface area contributed by atoms with E-state index in [-0.39, 0.29) is 20.5 Å². The summed E-state index contributed by atoms with van der Waals surface area (Å²) in [6.07, 6.45) is 0. The molecule has 0 bridgehead atoms. The molecular weight excluding hydrogens is 1320 g/mol. The van der Waals surface area contributed by atoms with Crippen molar-refractivity contribution < 1.29 is 0 Å². The molecule has 110 heavy (non-hydrogen) atoms. The van der Waals surface area contributed by atoms with E-state index in [1.165, 1.54) is 231 Å². The Morgan fingerprint density at radius 3 is 0.845 bits per heavy atom. The van der Waals surface area contributed by atoms with Gasteiger partial charge in [0.2, 0.25) is 0 Å². The number of rotatable bonds is 4. The van der Waals surface area contributed by atoms with Crippen molar-refractivity contribution in [1.82, 2.24) is 13.4 Å². The molecular formula is C104H62B3N3. The van der Waals surface area contributed by atoms with Crippen molar-refractivity contribution in [2.24, 2.45) is 0 Å². The maximum Gasteiger partial charge on any atom is 0.329 e. The Labute approximate surface area is 636 Å². The van der Waals surface area contributed by atoms with Crippen LogP contribution in [0.1, 0.15) is 0 Å². The summed E-state index contributed by atoms with van der Waals surface area (Å²) in [7, 11) is 0. The van der Waals surface area contributed by atoms with Crippen LogP contribution >= 0.6 is 0 Å². The number of hydrogen-bond donors (Lipinski definition) is 0. The number of aromatic nitrogens is 3. The third-order valence-corrected chi connectivity index (χ3v) is 25.4. The van der Waals surface area contributed by atoms with Gasteiger partial charge in [0.05, 0.1) is 0 Å². The standard InChI is InChI=1S/C36H22BN.2C34H20BN/c1-2-8-23(9-3-1)24-16-18-25(19-17-24)26-20-21-28-30-12-7-14-32-31-13-6-11-29-27-10-4-5-15-33(27)37(34(28)22-26)38(35(29)31)36(30)32;1-2-10-23-21(8-1)9-5-12-24(23)22-18-19-26-28-14-7-16-30-29-15-6-13-27-25-11-3-4-17-31(25)35(32(26)20-22)36(33(27)29)34(28)30;1-2-8-22-19-23(16-15-21(22)7-1)24-17-18-26-28-11-6-13-30-29-12-5-10-27-25-9-3-4-14-31(25)35(32(26)20-24)36(33(27)29)34(28)30/h1-22H;2*1-20H. The molecule has 6 aliphatic rings. The molecule has 9 heterocycles. The van der Waals surface area contributed by atoms with Crippen LogP contribution in [-0.2, 0) is 0 Å². The Kier molecular flexibility index (Phi) is 12.5. The fourth-order valence-corrected chi connectivity index (χ4v) is 20.8. The Morgan fingerprint density at radius 1 is 0.136 bits per heavy atom. The molecule has 6 aliphatic heterocycles. The fourth-order valence-electron chi connectivity index (χ4n) is 20.8. The lowest BCUT2D eigenvalue weighted by molar-refractivity contribution is 1.31. The third kappa shape index (κ3) is 8.31. The first-order valence-corrected chi connectivity index (χ1v) is 38.6. The minimum atomic E-state index is 0.162. The van der Waals surface area contributed by atoms with Crippen LogP contribution in [0.3, 0.4) is 0 Å². The van der Waals surface area contributed by atoms with E-state index < -0.39 is 0 Å². The SMILES string of the molecule is c1ccc(-c2ccc(-c3ccc4c(c3)B3c5ccccc5-c5cccc6c7cccc-4c7n3c56)cc2)cc1.c1ccc2c(c1)B1c3cc(-c4ccc5ccccc5c4)ccc3-c3cccc4c5cccc-2c5n1c34.c1ccc2c(c1)B1c3cc(-c4cccc5ccccc45)ccc3-c3cccc4c5cccc-2c5n1c34. The van der Waals surface area contributed by atoms with Crippen LogP contribution in [0.4, 0.5) is 0 Å². The highest BCUT2D eigenvalue weighted by atomic mass is 15.0. The molecule has 0 spiro atoms. The normalized spacial score (nSPS) is 12.9. The van der Waals surface area contributed by atoms with Gasteiger partial charge < -0.3 is 13.4 Å². The number of nitrogens with zero attached hydrogens (tertiary/aromatic N) is 3. The molecule has 0 aliphatic carbocycles. The zero-order chi connectivity index (χ0) is 71.6. The highest BCUT2D eigenvalue weighted by Crippen LogP contribution is 2.49. The minimum absolute atomic E-state index is 0.162. The zero-order valence-electron chi connectivity index (χ0n) is 59.9. The number of benzene rings is 18. The first kappa shape index (κ1) is 60.2. The van der Waals surface area contributed by atoms with E-state index in [4.69, 9.17) is 0 Å². The molecule has 502 valence electrons. The third-order valence-electron chi connectivity index (χ3n) is 25.4. The van der Waals surface area contributed by atoms with Gasteiger partial charge in [0, 0.05) is 98.8 Å². The monoisotopic (exact) mass is 1390 g/mol. The largest absolute Gasteiger partial charge is 0.375 e. The van der Waals surface area contributed by atoms with Gasteiger partial charge >= 0.3 is 20.5 Å². The van der Waals surface area contributed by atoms with E-state index in [9.17, 15) is 0 Å². The Balaban J connectivity index is 0.0000000942. The van der Waals surface area contributed by atoms with Crippen LogP contribution in [0.5, 0.6) is 0 Å². The number of fused-ring (bicyclic) bond motifs is 23. The lowest BCUT2D eigenvalue weighted by Gasteiger charge is -2.32. The summed E-state index contributed by atoms with van der Waals surface area (Å²) in [5, 5.41) is 13.3. The Hall–Kier alpha value is -13.9. The van der Waals surface area contributed by atoms with Crippen LogP contribution in [0.2, 0.25) is 0 Å². The Bertz CT molecular complexity index is 7610. The van der Waals surface area contributed by atoms with Gasteiger partial charge in [0.1, 0.15) is 0 Å². The van der Waals surface area contributed by atoms with Crippen molar-refractivity contribution in [2.45, 2.75) is 0 Å². The average molecular weight is 1390 g/mol. The maximum absolute atomic E-state index is 2.63. The molecule has 6 heteroatoms. The molecule has 3 nitrogen and oxygen atoms in total. The summed E-state index contributed by atoms with van der Waals surface area (Å²) in [4.78, 5) is 0. The van der Waals surface area contributed by atoms with Gasteiger partial charge in [0.25, 0.3) is 0 Å². The summed E-state index contributed by atoms with van der Waals surface area (Å²) in [5.41, 5.74) is 42.8. The summed E-state index contributed by atoms with van der Waals surface area (Å²) in [6, 6.07) is 140. The smallest absolute Gasteiger partial charge is 0.329 e. The molecule has 0 amide bonds. The highest BCUT2D eigenvalue weighted by molar-refractivity contribution is 6.90. The molecule has 0 radical (unpaired) electrons. The van der Waals surface area contributed by atoms with E-state index >= 15 is 0 Å². The number of hydrogen-bond acceptors (Lipinski definition) is 0. The van der Waals surface area contributed by atoms with E-state index in [2.05, 4.69) is 390 Å². The van der Waals surface area contributed by atoms with Gasteiger partial charge in [-0.1, -0.05) is 370 Å². The average Bonchev–Trinajstić information content (AvgIpc) is 1.51. The zero-order valence-corrected chi connectivity index (χ0v) is 59.9. The molecule has 21 aromatic rings.